The summed E-state index contributed by atoms with van der Waals surface area (Å²) in [6.07, 6.45) is 1.90. The van der Waals surface area contributed by atoms with Crippen molar-refractivity contribution >= 4 is 27.5 Å². The number of amides is 1. The second-order valence-corrected chi connectivity index (χ2v) is 5.64. The van der Waals surface area contributed by atoms with Crippen LogP contribution in [-0.4, -0.2) is 18.6 Å². The van der Waals surface area contributed by atoms with Crippen LogP contribution in [0.25, 0.3) is 0 Å². The zero-order valence-electron chi connectivity index (χ0n) is 10.7. The Kier molecular flexibility index (Phi) is 4.40. The highest BCUT2D eigenvalue weighted by Crippen LogP contribution is 2.24. The lowest BCUT2D eigenvalue weighted by Crippen LogP contribution is -2.23. The van der Waals surface area contributed by atoms with Crippen LogP contribution in [0.15, 0.2) is 22.7 Å². The van der Waals surface area contributed by atoms with Crippen molar-refractivity contribution in [3.63, 3.8) is 0 Å². The maximum absolute atomic E-state index is 12.1. The topological polar surface area (TPSA) is 38.3 Å². The summed E-state index contributed by atoms with van der Waals surface area (Å²) >= 11 is 3.44. The van der Waals surface area contributed by atoms with E-state index in [2.05, 4.69) is 28.2 Å². The normalized spacial score (nSPS) is 23.1. The number of hydrogen-bond donors (Lipinski definition) is 1. The Morgan fingerprint density at radius 2 is 2.33 bits per heavy atom. The molecular formula is C14H18BrNO2. The molecule has 18 heavy (non-hydrogen) atoms. The van der Waals surface area contributed by atoms with Crippen LogP contribution in [0.3, 0.4) is 0 Å². The van der Waals surface area contributed by atoms with Gasteiger partial charge in [0.15, 0.2) is 0 Å². The summed E-state index contributed by atoms with van der Waals surface area (Å²) in [5, 5.41) is 3.01. The van der Waals surface area contributed by atoms with Crippen LogP contribution in [0, 0.1) is 5.92 Å². The van der Waals surface area contributed by atoms with Crippen molar-refractivity contribution in [1.82, 2.24) is 0 Å². The first-order valence-corrected chi connectivity index (χ1v) is 7.10. The lowest BCUT2D eigenvalue weighted by Gasteiger charge is -2.13. The molecule has 1 aliphatic heterocycles. The number of aryl methyl sites for hydroxylation is 1. The predicted octanol–water partition coefficient (Wildman–Crippen LogP) is 3.38. The van der Waals surface area contributed by atoms with Gasteiger partial charge < -0.3 is 10.1 Å². The van der Waals surface area contributed by atoms with Crippen LogP contribution in [0.4, 0.5) is 5.69 Å². The quantitative estimate of drug-likeness (QED) is 0.929. The van der Waals surface area contributed by atoms with Gasteiger partial charge in [-0.2, -0.15) is 0 Å². The monoisotopic (exact) mass is 311 g/mol. The van der Waals surface area contributed by atoms with Crippen molar-refractivity contribution in [3.8, 4) is 0 Å². The SMILES string of the molecule is CCc1cc(Br)ccc1NC(=O)C1COC(C)C1. The number of anilines is 1. The summed E-state index contributed by atoms with van der Waals surface area (Å²) in [4.78, 5) is 12.1. The molecule has 1 N–H and O–H groups in total. The van der Waals surface area contributed by atoms with E-state index in [1.165, 1.54) is 0 Å². The standard InChI is InChI=1S/C14H18BrNO2/c1-3-10-7-12(15)4-5-13(10)16-14(17)11-6-9(2)18-8-11/h4-5,7,9,11H,3,6,8H2,1-2H3,(H,16,17). The molecule has 0 spiro atoms. The highest BCUT2D eigenvalue weighted by molar-refractivity contribution is 9.10. The number of nitrogens with one attached hydrogen (secondary N) is 1. The van der Waals surface area contributed by atoms with Gasteiger partial charge >= 0.3 is 0 Å². The summed E-state index contributed by atoms with van der Waals surface area (Å²) in [7, 11) is 0. The lowest BCUT2D eigenvalue weighted by molar-refractivity contribution is -0.119. The fourth-order valence-electron chi connectivity index (χ4n) is 2.21. The molecule has 3 nitrogen and oxygen atoms in total. The number of benzene rings is 1. The van der Waals surface area contributed by atoms with Gasteiger partial charge in [0.2, 0.25) is 5.91 Å². The number of carbonyl (C=O) groups excluding carboxylic acids is 1. The molecule has 2 rings (SSSR count). The van der Waals surface area contributed by atoms with E-state index >= 15 is 0 Å². The van der Waals surface area contributed by atoms with Crippen molar-refractivity contribution in [1.29, 1.82) is 0 Å². The van der Waals surface area contributed by atoms with Crippen LogP contribution in [-0.2, 0) is 16.0 Å². The fourth-order valence-corrected chi connectivity index (χ4v) is 2.62. The van der Waals surface area contributed by atoms with Crippen LogP contribution < -0.4 is 5.32 Å². The molecule has 2 atom stereocenters. The molecule has 1 heterocycles. The second kappa shape index (κ2) is 5.85. The maximum atomic E-state index is 12.1. The van der Waals surface area contributed by atoms with Crippen molar-refractivity contribution in [2.45, 2.75) is 32.8 Å². The summed E-state index contributed by atoms with van der Waals surface area (Å²) in [5.74, 6) is 0.0460. The third-order valence-electron chi connectivity index (χ3n) is 3.28. The molecular weight excluding hydrogens is 294 g/mol. The van der Waals surface area contributed by atoms with Crippen LogP contribution in [0.5, 0.6) is 0 Å². The van der Waals surface area contributed by atoms with Crippen LogP contribution >= 0.6 is 15.9 Å². The second-order valence-electron chi connectivity index (χ2n) is 4.72. The zero-order valence-corrected chi connectivity index (χ0v) is 12.3. The molecule has 1 aliphatic rings. The smallest absolute Gasteiger partial charge is 0.229 e. The van der Waals surface area contributed by atoms with Gasteiger partial charge in [0.25, 0.3) is 0 Å². The average Bonchev–Trinajstić information content (AvgIpc) is 2.78. The lowest BCUT2D eigenvalue weighted by atomic mass is 10.0. The van der Waals surface area contributed by atoms with Gasteiger partial charge in [-0.15, -0.1) is 0 Å². The minimum Gasteiger partial charge on any atom is -0.378 e. The van der Waals surface area contributed by atoms with E-state index < -0.39 is 0 Å². The fraction of sp³-hybridized carbons (Fsp3) is 0.500. The first kappa shape index (κ1) is 13.6. The third kappa shape index (κ3) is 3.12. The molecule has 0 aromatic heterocycles. The first-order chi connectivity index (χ1) is 8.60. The van der Waals surface area contributed by atoms with E-state index in [-0.39, 0.29) is 17.9 Å². The number of halogens is 1. The van der Waals surface area contributed by atoms with Gasteiger partial charge in [-0.25, -0.2) is 0 Å². The van der Waals surface area contributed by atoms with E-state index in [1.807, 2.05) is 25.1 Å². The Morgan fingerprint density at radius 1 is 1.56 bits per heavy atom. The Morgan fingerprint density at radius 3 is 2.94 bits per heavy atom. The van der Waals surface area contributed by atoms with E-state index in [4.69, 9.17) is 4.74 Å². The van der Waals surface area contributed by atoms with E-state index in [1.54, 1.807) is 0 Å². The Balaban J connectivity index is 2.07. The van der Waals surface area contributed by atoms with Crippen molar-refractivity contribution in [2.75, 3.05) is 11.9 Å². The number of hydrogen-bond acceptors (Lipinski definition) is 2. The number of ether oxygens (including phenoxy) is 1. The zero-order chi connectivity index (χ0) is 13.1. The van der Waals surface area contributed by atoms with Gasteiger partial charge in [-0.1, -0.05) is 22.9 Å². The Labute approximate surface area is 116 Å². The Hall–Kier alpha value is -0.870. The molecule has 1 saturated heterocycles. The summed E-state index contributed by atoms with van der Waals surface area (Å²) in [6, 6.07) is 5.94. The molecule has 0 aliphatic carbocycles. The van der Waals surface area contributed by atoms with E-state index in [0.29, 0.717) is 6.61 Å². The highest BCUT2D eigenvalue weighted by Gasteiger charge is 2.28. The summed E-state index contributed by atoms with van der Waals surface area (Å²) in [6.45, 7) is 4.62. The highest BCUT2D eigenvalue weighted by atomic mass is 79.9. The van der Waals surface area contributed by atoms with Crippen LogP contribution in [0.1, 0.15) is 25.8 Å². The molecule has 1 aromatic carbocycles. The molecule has 1 aromatic rings. The van der Waals surface area contributed by atoms with Crippen molar-refractivity contribution in [3.05, 3.63) is 28.2 Å². The molecule has 0 saturated carbocycles. The van der Waals surface area contributed by atoms with Crippen molar-refractivity contribution < 1.29 is 9.53 Å². The largest absolute Gasteiger partial charge is 0.378 e. The third-order valence-corrected chi connectivity index (χ3v) is 3.77. The molecule has 1 fully saturated rings. The van der Waals surface area contributed by atoms with E-state index in [9.17, 15) is 4.79 Å². The molecule has 0 bridgehead atoms. The maximum Gasteiger partial charge on any atom is 0.229 e. The molecule has 1 amide bonds. The predicted molar refractivity (Wildman–Crippen MR) is 75.7 cm³/mol. The van der Waals surface area contributed by atoms with Gasteiger partial charge in [-0.05, 0) is 43.5 Å². The minimum atomic E-state index is -0.0200. The molecule has 2 unspecified atom stereocenters. The number of carbonyl (C=O) groups is 1. The average molecular weight is 312 g/mol. The van der Waals surface area contributed by atoms with Crippen LogP contribution in [0.2, 0.25) is 0 Å². The van der Waals surface area contributed by atoms with Gasteiger partial charge in [0.1, 0.15) is 0 Å². The van der Waals surface area contributed by atoms with Gasteiger partial charge in [-0.3, -0.25) is 4.79 Å². The summed E-state index contributed by atoms with van der Waals surface area (Å²) in [5.41, 5.74) is 2.05. The summed E-state index contributed by atoms with van der Waals surface area (Å²) < 4.78 is 6.47. The minimum absolute atomic E-state index is 0.0200. The molecule has 4 heteroatoms. The first-order valence-electron chi connectivity index (χ1n) is 6.31. The van der Waals surface area contributed by atoms with Gasteiger partial charge in [0, 0.05) is 10.2 Å². The van der Waals surface area contributed by atoms with E-state index in [0.717, 1.165) is 28.6 Å². The molecule has 98 valence electrons. The van der Waals surface area contributed by atoms with Gasteiger partial charge in [0.05, 0.1) is 18.6 Å². The molecule has 0 radical (unpaired) electrons. The van der Waals surface area contributed by atoms with Crippen molar-refractivity contribution in [2.24, 2.45) is 5.92 Å². The Bertz CT molecular complexity index is 447. The number of rotatable bonds is 3.